The fraction of sp³-hybridized carbons (Fsp3) is 0.538. The number of imidazole rings is 1. The number of rotatable bonds is 6. The SMILES string of the molecule is Cc1ccnc2c1nc(CCCl)n2CCCS(C)(=O)=O. The van der Waals surface area contributed by atoms with E-state index < -0.39 is 9.84 Å². The largest absolute Gasteiger partial charge is 0.313 e. The van der Waals surface area contributed by atoms with Gasteiger partial charge in [-0.1, -0.05) is 0 Å². The molecule has 20 heavy (non-hydrogen) atoms. The molecule has 0 unspecified atom stereocenters. The van der Waals surface area contributed by atoms with Gasteiger partial charge in [0.1, 0.15) is 21.2 Å². The Morgan fingerprint density at radius 1 is 1.40 bits per heavy atom. The number of alkyl halides is 1. The first-order valence-corrected chi connectivity index (χ1v) is 9.06. The van der Waals surface area contributed by atoms with E-state index in [2.05, 4.69) is 9.97 Å². The molecule has 0 bridgehead atoms. The van der Waals surface area contributed by atoms with Crippen LogP contribution in [0.3, 0.4) is 0 Å². The Morgan fingerprint density at radius 2 is 2.15 bits per heavy atom. The molecular formula is C13H18ClN3O2S. The van der Waals surface area contributed by atoms with Crippen LogP contribution in [0.5, 0.6) is 0 Å². The average Bonchev–Trinajstić information content (AvgIpc) is 2.69. The number of aryl methyl sites for hydroxylation is 3. The van der Waals surface area contributed by atoms with Crippen LogP contribution in [0.4, 0.5) is 0 Å². The zero-order chi connectivity index (χ0) is 14.8. The minimum Gasteiger partial charge on any atom is -0.313 e. The monoisotopic (exact) mass is 315 g/mol. The first-order chi connectivity index (χ1) is 9.42. The van der Waals surface area contributed by atoms with Crippen LogP contribution >= 0.6 is 11.6 Å². The quantitative estimate of drug-likeness (QED) is 0.764. The van der Waals surface area contributed by atoms with Crippen molar-refractivity contribution in [2.45, 2.75) is 26.3 Å². The van der Waals surface area contributed by atoms with Crippen LogP contribution < -0.4 is 0 Å². The van der Waals surface area contributed by atoms with E-state index in [1.165, 1.54) is 6.26 Å². The topological polar surface area (TPSA) is 64.8 Å². The van der Waals surface area contributed by atoms with Crippen LogP contribution in [0.1, 0.15) is 17.8 Å². The molecular weight excluding hydrogens is 298 g/mol. The lowest BCUT2D eigenvalue weighted by Gasteiger charge is -2.07. The Kier molecular flexibility index (Phi) is 4.65. The molecule has 2 aromatic heterocycles. The number of hydrogen-bond donors (Lipinski definition) is 0. The Labute approximate surface area is 123 Å². The molecule has 2 heterocycles. The third-order valence-corrected chi connectivity index (χ3v) is 4.35. The second-order valence-electron chi connectivity index (χ2n) is 4.90. The summed E-state index contributed by atoms with van der Waals surface area (Å²) in [6.07, 6.45) is 4.20. The molecule has 0 aliphatic heterocycles. The highest BCUT2D eigenvalue weighted by atomic mass is 35.5. The van der Waals surface area contributed by atoms with E-state index in [0.29, 0.717) is 25.3 Å². The number of fused-ring (bicyclic) bond motifs is 1. The summed E-state index contributed by atoms with van der Waals surface area (Å²) in [6.45, 7) is 2.58. The molecule has 0 saturated carbocycles. The molecule has 0 spiro atoms. The van der Waals surface area contributed by atoms with Gasteiger partial charge in [0.05, 0.1) is 5.75 Å². The van der Waals surface area contributed by atoms with Crippen molar-refractivity contribution in [2.75, 3.05) is 17.9 Å². The Morgan fingerprint density at radius 3 is 2.80 bits per heavy atom. The van der Waals surface area contributed by atoms with Gasteiger partial charge in [-0.3, -0.25) is 0 Å². The highest BCUT2D eigenvalue weighted by Gasteiger charge is 2.13. The molecule has 0 radical (unpaired) electrons. The van der Waals surface area contributed by atoms with Gasteiger partial charge < -0.3 is 4.57 Å². The molecule has 0 aliphatic rings. The van der Waals surface area contributed by atoms with Crippen molar-refractivity contribution in [2.24, 2.45) is 0 Å². The second kappa shape index (κ2) is 6.10. The molecule has 0 saturated heterocycles. The van der Waals surface area contributed by atoms with E-state index in [1.807, 2.05) is 17.6 Å². The van der Waals surface area contributed by atoms with E-state index in [4.69, 9.17) is 11.6 Å². The average molecular weight is 316 g/mol. The fourth-order valence-electron chi connectivity index (χ4n) is 2.18. The van der Waals surface area contributed by atoms with Crippen LogP contribution in [0.15, 0.2) is 12.3 Å². The van der Waals surface area contributed by atoms with Crippen molar-refractivity contribution < 1.29 is 8.42 Å². The lowest BCUT2D eigenvalue weighted by atomic mass is 10.3. The van der Waals surface area contributed by atoms with Gasteiger partial charge >= 0.3 is 0 Å². The standard InChI is InChI=1S/C13H18ClN3O2S/c1-10-5-7-15-13-12(10)16-11(4-6-14)17(13)8-3-9-20(2,18)19/h5,7H,3-4,6,8-9H2,1-2H3. The smallest absolute Gasteiger partial charge is 0.160 e. The first-order valence-electron chi connectivity index (χ1n) is 6.47. The zero-order valence-corrected chi connectivity index (χ0v) is 13.2. The van der Waals surface area contributed by atoms with Crippen molar-refractivity contribution in [3.05, 3.63) is 23.7 Å². The van der Waals surface area contributed by atoms with Crippen LogP contribution in [-0.2, 0) is 22.8 Å². The summed E-state index contributed by atoms with van der Waals surface area (Å²) < 4.78 is 24.4. The summed E-state index contributed by atoms with van der Waals surface area (Å²) in [5, 5.41) is 0. The van der Waals surface area contributed by atoms with Crippen molar-refractivity contribution in [1.82, 2.24) is 14.5 Å². The summed E-state index contributed by atoms with van der Waals surface area (Å²) >= 11 is 5.81. The van der Waals surface area contributed by atoms with Crippen molar-refractivity contribution >= 4 is 32.6 Å². The van der Waals surface area contributed by atoms with E-state index in [1.54, 1.807) is 6.20 Å². The van der Waals surface area contributed by atoms with Crippen LogP contribution in [-0.4, -0.2) is 40.8 Å². The minimum atomic E-state index is -2.94. The van der Waals surface area contributed by atoms with Crippen molar-refractivity contribution in [1.29, 1.82) is 0 Å². The van der Waals surface area contributed by atoms with Gasteiger partial charge in [0.15, 0.2) is 5.65 Å². The van der Waals surface area contributed by atoms with Gasteiger partial charge in [-0.25, -0.2) is 18.4 Å². The molecule has 2 rings (SSSR count). The number of halogens is 1. The first kappa shape index (κ1) is 15.3. The summed E-state index contributed by atoms with van der Waals surface area (Å²) in [5.41, 5.74) is 2.73. The highest BCUT2D eigenvalue weighted by molar-refractivity contribution is 7.90. The van der Waals surface area contributed by atoms with Gasteiger partial charge in [0, 0.05) is 31.3 Å². The fourth-order valence-corrected chi connectivity index (χ4v) is 3.00. The van der Waals surface area contributed by atoms with Gasteiger partial charge in [-0.05, 0) is 25.0 Å². The van der Waals surface area contributed by atoms with E-state index >= 15 is 0 Å². The van der Waals surface area contributed by atoms with Crippen molar-refractivity contribution in [3.63, 3.8) is 0 Å². The Balaban J connectivity index is 2.34. The van der Waals surface area contributed by atoms with Gasteiger partial charge in [0.2, 0.25) is 0 Å². The number of sulfone groups is 1. The number of pyridine rings is 1. The molecule has 7 heteroatoms. The minimum absolute atomic E-state index is 0.165. The molecule has 2 aromatic rings. The van der Waals surface area contributed by atoms with Crippen LogP contribution in [0.2, 0.25) is 0 Å². The Hall–Kier alpha value is -1.14. The third kappa shape index (κ3) is 3.49. The molecule has 0 fully saturated rings. The summed E-state index contributed by atoms with van der Waals surface area (Å²) in [6, 6.07) is 1.92. The Bertz CT molecular complexity index is 710. The lowest BCUT2D eigenvalue weighted by molar-refractivity contribution is 0.590. The van der Waals surface area contributed by atoms with E-state index in [-0.39, 0.29) is 5.75 Å². The number of aromatic nitrogens is 3. The summed E-state index contributed by atoms with van der Waals surface area (Å²) in [4.78, 5) is 8.95. The molecule has 0 N–H and O–H groups in total. The normalized spacial score (nSPS) is 12.2. The third-order valence-electron chi connectivity index (χ3n) is 3.13. The maximum Gasteiger partial charge on any atom is 0.160 e. The molecule has 0 atom stereocenters. The zero-order valence-electron chi connectivity index (χ0n) is 11.6. The lowest BCUT2D eigenvalue weighted by Crippen LogP contribution is -2.10. The predicted octanol–water partition coefficient (Wildman–Crippen LogP) is 1.96. The van der Waals surface area contributed by atoms with Gasteiger partial charge in [-0.2, -0.15) is 0 Å². The molecule has 5 nitrogen and oxygen atoms in total. The van der Waals surface area contributed by atoms with E-state index in [0.717, 1.165) is 22.6 Å². The highest BCUT2D eigenvalue weighted by Crippen LogP contribution is 2.18. The molecule has 0 amide bonds. The maximum absolute atomic E-state index is 11.2. The van der Waals surface area contributed by atoms with Gasteiger partial charge in [-0.15, -0.1) is 11.6 Å². The molecule has 0 aliphatic carbocycles. The van der Waals surface area contributed by atoms with Crippen molar-refractivity contribution in [3.8, 4) is 0 Å². The molecule has 0 aromatic carbocycles. The number of hydrogen-bond acceptors (Lipinski definition) is 4. The van der Waals surface area contributed by atoms with E-state index in [9.17, 15) is 8.42 Å². The predicted molar refractivity (Wildman–Crippen MR) is 81.0 cm³/mol. The second-order valence-corrected chi connectivity index (χ2v) is 7.54. The van der Waals surface area contributed by atoms with Gasteiger partial charge in [0.25, 0.3) is 0 Å². The van der Waals surface area contributed by atoms with Crippen LogP contribution in [0.25, 0.3) is 11.2 Å². The summed E-state index contributed by atoms with van der Waals surface area (Å²) in [7, 11) is -2.94. The van der Waals surface area contributed by atoms with Crippen LogP contribution in [0, 0.1) is 6.92 Å². The maximum atomic E-state index is 11.2. The number of nitrogens with zero attached hydrogens (tertiary/aromatic N) is 3. The summed E-state index contributed by atoms with van der Waals surface area (Å²) in [5.74, 6) is 1.51. The molecule has 110 valence electrons.